The molecule has 0 radical (unpaired) electrons. The fourth-order valence-corrected chi connectivity index (χ4v) is 4.09. The van der Waals surface area contributed by atoms with E-state index in [0.717, 1.165) is 24.3 Å². The van der Waals surface area contributed by atoms with Crippen molar-refractivity contribution in [1.29, 1.82) is 0 Å². The molecule has 2 saturated heterocycles. The molecule has 0 bridgehead atoms. The number of hydrogen-bond acceptors (Lipinski definition) is 5. The molecule has 25 heavy (non-hydrogen) atoms. The van der Waals surface area contributed by atoms with Crippen LogP contribution in [0.3, 0.4) is 0 Å². The van der Waals surface area contributed by atoms with Crippen LogP contribution < -0.4 is 5.32 Å². The number of nitro groups is 1. The minimum absolute atomic E-state index is 0.0439. The molecule has 3 heterocycles. The average Bonchev–Trinajstić information content (AvgIpc) is 3.05. The lowest BCUT2D eigenvalue weighted by atomic mass is 9.99. The van der Waals surface area contributed by atoms with Crippen molar-refractivity contribution in [2.75, 3.05) is 18.4 Å². The van der Waals surface area contributed by atoms with Crippen LogP contribution in [0.5, 0.6) is 0 Å². The van der Waals surface area contributed by atoms with Gasteiger partial charge in [0.05, 0.1) is 4.92 Å². The molecule has 130 valence electrons. The Kier molecular flexibility index (Phi) is 4.36. The van der Waals surface area contributed by atoms with Crippen LogP contribution in [-0.2, 0) is 0 Å². The van der Waals surface area contributed by atoms with Crippen molar-refractivity contribution in [3.63, 3.8) is 0 Å². The first-order valence-electron chi connectivity index (χ1n) is 8.94. The molecule has 0 spiro atoms. The van der Waals surface area contributed by atoms with Crippen LogP contribution >= 0.6 is 0 Å². The van der Waals surface area contributed by atoms with Crippen LogP contribution in [0.25, 0.3) is 11.3 Å². The van der Waals surface area contributed by atoms with E-state index in [4.69, 9.17) is 0 Å². The minimum atomic E-state index is -0.364. The highest BCUT2D eigenvalue weighted by Crippen LogP contribution is 2.32. The highest BCUT2D eigenvalue weighted by atomic mass is 16.6. The van der Waals surface area contributed by atoms with Gasteiger partial charge in [0.1, 0.15) is 5.82 Å². The fraction of sp³-hybridized carbons (Fsp3) is 0.421. The Morgan fingerprint density at radius 3 is 2.72 bits per heavy atom. The lowest BCUT2D eigenvalue weighted by Gasteiger charge is -2.32. The molecule has 0 aliphatic carbocycles. The number of pyridine rings is 1. The summed E-state index contributed by atoms with van der Waals surface area (Å²) in [6.45, 7) is 2.31. The Bertz CT molecular complexity index is 765. The maximum Gasteiger partial charge on any atom is 0.295 e. The second kappa shape index (κ2) is 6.80. The molecule has 0 amide bonds. The molecule has 2 fully saturated rings. The summed E-state index contributed by atoms with van der Waals surface area (Å²) in [5, 5.41) is 14.9. The number of anilines is 1. The molecule has 6 nitrogen and oxygen atoms in total. The third-order valence-corrected chi connectivity index (χ3v) is 5.31. The highest BCUT2D eigenvalue weighted by molar-refractivity contribution is 5.71. The summed E-state index contributed by atoms with van der Waals surface area (Å²) in [5.74, 6) is 0.724. The number of benzene rings is 1. The second-order valence-corrected chi connectivity index (χ2v) is 6.83. The maximum atomic E-state index is 11.4. The molecule has 0 saturated carbocycles. The highest BCUT2D eigenvalue weighted by Gasteiger charge is 2.35. The first kappa shape index (κ1) is 16.0. The van der Waals surface area contributed by atoms with E-state index in [0.29, 0.717) is 17.8 Å². The first-order chi connectivity index (χ1) is 12.2. The molecule has 2 aromatic rings. The van der Waals surface area contributed by atoms with Crippen LogP contribution in [0.1, 0.15) is 25.7 Å². The third-order valence-electron chi connectivity index (χ3n) is 5.31. The molecular weight excluding hydrogens is 316 g/mol. The van der Waals surface area contributed by atoms with Gasteiger partial charge in [0.2, 0.25) is 0 Å². The molecule has 1 aromatic heterocycles. The summed E-state index contributed by atoms with van der Waals surface area (Å²) in [7, 11) is 0. The van der Waals surface area contributed by atoms with Gasteiger partial charge in [0, 0.05) is 30.3 Å². The van der Waals surface area contributed by atoms with Gasteiger partial charge in [-0.2, -0.15) is 0 Å². The van der Waals surface area contributed by atoms with Crippen molar-refractivity contribution in [3.8, 4) is 11.3 Å². The predicted molar refractivity (Wildman–Crippen MR) is 97.6 cm³/mol. The SMILES string of the molecule is O=[N+]([O-])c1ccc(NC2CCN3CCCCC23)nc1-c1ccccc1. The topological polar surface area (TPSA) is 71.3 Å². The molecule has 1 aromatic carbocycles. The van der Waals surface area contributed by atoms with Gasteiger partial charge < -0.3 is 5.32 Å². The van der Waals surface area contributed by atoms with Crippen LogP contribution in [0.2, 0.25) is 0 Å². The molecule has 1 N–H and O–H groups in total. The molecular formula is C19H22N4O2. The van der Waals surface area contributed by atoms with Gasteiger partial charge in [0.25, 0.3) is 5.69 Å². The number of hydrogen-bond donors (Lipinski definition) is 1. The zero-order valence-corrected chi connectivity index (χ0v) is 14.1. The van der Waals surface area contributed by atoms with E-state index in [-0.39, 0.29) is 10.6 Å². The molecule has 2 atom stereocenters. The van der Waals surface area contributed by atoms with E-state index < -0.39 is 0 Å². The predicted octanol–water partition coefficient (Wildman–Crippen LogP) is 3.70. The van der Waals surface area contributed by atoms with Crippen molar-refractivity contribution in [2.24, 2.45) is 0 Å². The van der Waals surface area contributed by atoms with Gasteiger partial charge in [-0.15, -0.1) is 0 Å². The monoisotopic (exact) mass is 338 g/mol. The van der Waals surface area contributed by atoms with E-state index >= 15 is 0 Å². The first-order valence-corrected chi connectivity index (χ1v) is 8.94. The molecule has 2 unspecified atom stereocenters. The summed E-state index contributed by atoms with van der Waals surface area (Å²) < 4.78 is 0. The van der Waals surface area contributed by atoms with Gasteiger partial charge in [-0.05, 0) is 31.9 Å². The van der Waals surface area contributed by atoms with Gasteiger partial charge >= 0.3 is 0 Å². The molecule has 4 rings (SSSR count). The van der Waals surface area contributed by atoms with Crippen LogP contribution in [0.15, 0.2) is 42.5 Å². The van der Waals surface area contributed by atoms with E-state index in [2.05, 4.69) is 15.2 Å². The van der Waals surface area contributed by atoms with Crippen molar-refractivity contribution in [2.45, 2.75) is 37.8 Å². The Labute approximate surface area is 147 Å². The van der Waals surface area contributed by atoms with Crippen molar-refractivity contribution in [3.05, 3.63) is 52.6 Å². The lowest BCUT2D eigenvalue weighted by molar-refractivity contribution is -0.384. The zero-order valence-electron chi connectivity index (χ0n) is 14.1. The van der Waals surface area contributed by atoms with Gasteiger partial charge in [-0.1, -0.05) is 36.8 Å². The number of fused-ring (bicyclic) bond motifs is 1. The quantitative estimate of drug-likeness (QED) is 0.680. The molecule has 6 heteroatoms. The number of nitrogens with zero attached hydrogens (tertiary/aromatic N) is 3. The van der Waals surface area contributed by atoms with Crippen LogP contribution in [0, 0.1) is 10.1 Å². The number of rotatable bonds is 4. The lowest BCUT2D eigenvalue weighted by Crippen LogP contribution is -2.41. The normalized spacial score (nSPS) is 23.2. The van der Waals surface area contributed by atoms with Gasteiger partial charge in [0.15, 0.2) is 5.69 Å². The van der Waals surface area contributed by atoms with Crippen LogP contribution in [-0.4, -0.2) is 40.0 Å². The summed E-state index contributed by atoms with van der Waals surface area (Å²) in [6.07, 6.45) is 4.89. The van der Waals surface area contributed by atoms with Gasteiger partial charge in [-0.3, -0.25) is 15.0 Å². The van der Waals surface area contributed by atoms with Gasteiger partial charge in [-0.25, -0.2) is 4.98 Å². The second-order valence-electron chi connectivity index (χ2n) is 6.83. The molecule has 2 aliphatic heterocycles. The maximum absolute atomic E-state index is 11.4. The number of piperidine rings is 1. The van der Waals surface area contributed by atoms with Crippen molar-refractivity contribution < 1.29 is 4.92 Å². The van der Waals surface area contributed by atoms with E-state index in [9.17, 15) is 10.1 Å². The minimum Gasteiger partial charge on any atom is -0.366 e. The van der Waals surface area contributed by atoms with Crippen molar-refractivity contribution in [1.82, 2.24) is 9.88 Å². The standard InChI is InChI=1S/C19H22N4O2/c24-23(25)17-9-10-18(21-19(17)14-6-2-1-3-7-14)20-15-11-13-22-12-5-4-8-16(15)22/h1-3,6-7,9-10,15-16H,4-5,8,11-13H2,(H,20,21). The zero-order chi connectivity index (χ0) is 17.2. The largest absolute Gasteiger partial charge is 0.366 e. The third kappa shape index (κ3) is 3.22. The van der Waals surface area contributed by atoms with Crippen molar-refractivity contribution >= 4 is 11.5 Å². The smallest absolute Gasteiger partial charge is 0.295 e. The van der Waals surface area contributed by atoms with E-state index in [1.807, 2.05) is 30.3 Å². The summed E-state index contributed by atoms with van der Waals surface area (Å²) >= 11 is 0. The fourth-order valence-electron chi connectivity index (χ4n) is 4.09. The molecule has 2 aliphatic rings. The van der Waals surface area contributed by atoms with Crippen LogP contribution in [0.4, 0.5) is 11.5 Å². The van der Waals surface area contributed by atoms with E-state index in [1.165, 1.54) is 25.8 Å². The Morgan fingerprint density at radius 2 is 1.92 bits per heavy atom. The number of nitrogens with one attached hydrogen (secondary N) is 1. The average molecular weight is 338 g/mol. The van der Waals surface area contributed by atoms with E-state index in [1.54, 1.807) is 12.1 Å². The summed E-state index contributed by atoms with van der Waals surface area (Å²) in [6, 6.07) is 13.6. The summed E-state index contributed by atoms with van der Waals surface area (Å²) in [5.41, 5.74) is 1.24. The Balaban J connectivity index is 1.61. The number of aromatic nitrogens is 1. The Morgan fingerprint density at radius 1 is 1.08 bits per heavy atom. The Hall–Kier alpha value is -2.47. The summed E-state index contributed by atoms with van der Waals surface area (Å²) in [4.78, 5) is 18.2.